The number of hydrogen-bond acceptors (Lipinski definition) is 0. The maximum atomic E-state index is 2.66. The Balaban J connectivity index is 0.696. The topological polar surface area (TPSA) is 9.86 Å². The second-order valence-corrected chi connectivity index (χ2v) is 29.0. The van der Waals surface area contributed by atoms with Crippen LogP contribution >= 0.6 is 0 Å². The number of rotatable bonds is 10. The highest BCUT2D eigenvalue weighted by Gasteiger charge is 2.38. The van der Waals surface area contributed by atoms with Crippen LogP contribution in [0.5, 0.6) is 0 Å². The quantitative estimate of drug-likeness (QED) is 0.129. The maximum Gasteiger partial charge on any atom is 0.0544 e. The summed E-state index contributed by atoms with van der Waals surface area (Å²) in [6.07, 6.45) is 21.0. The van der Waals surface area contributed by atoms with Crippen LogP contribution in [0.1, 0.15) is 69.2 Å². The van der Waals surface area contributed by atoms with E-state index in [2.05, 4.69) is 358 Å². The van der Waals surface area contributed by atoms with E-state index >= 15 is 0 Å². The van der Waals surface area contributed by atoms with Crippen molar-refractivity contribution < 1.29 is 0 Å². The largest absolute Gasteiger partial charge is 0.310 e. The first-order valence-corrected chi connectivity index (χ1v) is 35.2. The Bertz CT molecular complexity index is 5830. The average Bonchev–Trinajstić information content (AvgIpc) is 1.56. The minimum absolute atomic E-state index is 0.136. The molecule has 0 saturated heterocycles. The molecule has 0 saturated carbocycles. The van der Waals surface area contributed by atoms with Crippen molar-refractivity contribution in [1.82, 2.24) is 9.13 Å². The summed E-state index contributed by atoms with van der Waals surface area (Å²) in [4.78, 5) is 0. The predicted molar refractivity (Wildman–Crippen MR) is 412 cm³/mol. The van der Waals surface area contributed by atoms with Gasteiger partial charge in [-0.2, -0.15) is 0 Å². The van der Waals surface area contributed by atoms with Gasteiger partial charge in [0.15, 0.2) is 0 Å². The predicted octanol–water partition coefficient (Wildman–Crippen LogP) is 21.6. The summed E-state index contributed by atoms with van der Waals surface area (Å²) in [5.74, 6) is 0.967. The van der Waals surface area contributed by atoms with Crippen molar-refractivity contribution in [2.24, 2.45) is 17.8 Å². The zero-order valence-corrected chi connectivity index (χ0v) is 55.8. The molecule has 3 unspecified atom stereocenters. The van der Waals surface area contributed by atoms with E-state index in [0.29, 0.717) is 11.8 Å². The minimum Gasteiger partial charge on any atom is -0.310 e. The Kier molecular flexibility index (Phi) is 13.4. The highest BCUT2D eigenvalue weighted by Crippen LogP contribution is 2.52. The van der Waals surface area contributed by atoms with Gasteiger partial charge in [0.05, 0.1) is 11.0 Å². The van der Waals surface area contributed by atoms with Gasteiger partial charge >= 0.3 is 0 Å². The fraction of sp³-hybridized carbons (Fsp3) is 0.125. The van der Waals surface area contributed by atoms with Gasteiger partial charge in [0, 0.05) is 60.0 Å². The molecular formula is C96H74N2. The molecule has 0 aliphatic heterocycles. The fourth-order valence-corrected chi connectivity index (χ4v) is 17.6. The van der Waals surface area contributed by atoms with Crippen LogP contribution in [0.4, 0.5) is 0 Å². The Hall–Kier alpha value is -11.3. The molecule has 2 nitrogen and oxygen atoms in total. The molecule has 5 aliphatic rings. The molecule has 0 fully saturated rings. The third-order valence-electron chi connectivity index (χ3n) is 22.7. The molecular weight excluding hydrogens is 1180 g/mol. The van der Waals surface area contributed by atoms with Crippen molar-refractivity contribution in [2.75, 3.05) is 0 Å². The van der Waals surface area contributed by atoms with E-state index in [1.54, 1.807) is 0 Å². The van der Waals surface area contributed by atoms with Crippen LogP contribution in [0.3, 0.4) is 0 Å². The van der Waals surface area contributed by atoms with Crippen LogP contribution in [0.25, 0.3) is 146 Å². The number of allylic oxidation sites excluding steroid dienone is 4. The molecule has 0 amide bonds. The monoisotopic (exact) mass is 1250 g/mol. The summed E-state index contributed by atoms with van der Waals surface area (Å²) >= 11 is 0. The van der Waals surface area contributed by atoms with Crippen molar-refractivity contribution in [3.8, 4) is 100 Å². The van der Waals surface area contributed by atoms with Gasteiger partial charge in [0.1, 0.15) is 0 Å². The van der Waals surface area contributed by atoms with Crippen molar-refractivity contribution in [3.63, 3.8) is 0 Å². The summed E-state index contributed by atoms with van der Waals surface area (Å²) in [5.41, 5.74) is 31.6. The first kappa shape index (κ1) is 58.1. The SMILES string of the molecule is CC1(C)c2ccccc2-c2cc3c4c(n(-c5cccc(-c6cc(-c7ccccc7)cc(-c7ccccc7)c6)c5)c3cc21)=CCC(C1=CCC(C2C=c3c(n(-c5cccc(-c6cc(-c7ccccc7)cc(-c7ccccc7)c6)c5)c5cc6c(cc35)-c3ccccc3C6(C)C)=CC2)C=C1)C=4. The van der Waals surface area contributed by atoms with Gasteiger partial charge in [-0.25, -0.2) is 0 Å². The van der Waals surface area contributed by atoms with Crippen LogP contribution in [0.2, 0.25) is 0 Å². The summed E-state index contributed by atoms with van der Waals surface area (Å²) in [6.45, 7) is 9.63. The smallest absolute Gasteiger partial charge is 0.0544 e. The van der Waals surface area contributed by atoms with E-state index in [4.69, 9.17) is 0 Å². The van der Waals surface area contributed by atoms with E-state index in [1.165, 1.54) is 171 Å². The lowest BCUT2D eigenvalue weighted by molar-refractivity contribution is 0.504. The molecule has 0 spiro atoms. The van der Waals surface area contributed by atoms with Crippen LogP contribution in [-0.4, -0.2) is 9.13 Å². The lowest BCUT2D eigenvalue weighted by atomic mass is 9.78. The molecule has 0 bridgehead atoms. The molecule has 2 aromatic heterocycles. The molecule has 0 radical (unpaired) electrons. The Morgan fingerprint density at radius 2 is 0.673 bits per heavy atom. The molecule has 2 heteroatoms. The number of benzene rings is 12. The van der Waals surface area contributed by atoms with Gasteiger partial charge in [-0.1, -0.05) is 264 Å². The van der Waals surface area contributed by atoms with Gasteiger partial charge in [-0.05, 0) is 233 Å². The van der Waals surface area contributed by atoms with Gasteiger partial charge in [-0.3, -0.25) is 0 Å². The molecule has 0 N–H and O–H groups in total. The van der Waals surface area contributed by atoms with Crippen LogP contribution in [0.15, 0.2) is 303 Å². The van der Waals surface area contributed by atoms with E-state index in [0.717, 1.165) is 19.3 Å². The third-order valence-corrected chi connectivity index (χ3v) is 22.7. The van der Waals surface area contributed by atoms with E-state index in [9.17, 15) is 0 Å². The van der Waals surface area contributed by atoms with Gasteiger partial charge < -0.3 is 9.13 Å². The number of fused-ring (bicyclic) bond motifs is 12. The number of nitrogens with zero attached hydrogens (tertiary/aromatic N) is 2. The number of aromatic nitrogens is 2. The minimum atomic E-state index is -0.139. The van der Waals surface area contributed by atoms with Crippen molar-refractivity contribution >= 4 is 46.1 Å². The van der Waals surface area contributed by atoms with Gasteiger partial charge in [-0.15, -0.1) is 0 Å². The standard InChI is InChI=1S/C96H74N2/c1-95(2)87-37-19-17-35-79(87)81-57-85-83-55-69(43-45-91(83)97(93(85)59-89(81)95)77-33-21-31-67(53-77)75-49-71(61-23-9-5-10-24-61)47-72(50-75)62-25-11-6-12-26-62)65-39-41-66(42-40-65)70-44-46-92-84(56-70)86-58-82-80-36-18-20-38-88(80)96(3,4)90(82)60-94(86)98(92)78-34-22-32-68(54-78)76-51-73(63-27-13-7-14-28-63)48-74(52-76)64-29-15-8-16-30-64/h5-41,45-60,66,69-70H,42-44H2,1-4H3. The molecule has 3 atom stereocenters. The molecule has 19 rings (SSSR count). The Morgan fingerprint density at radius 3 is 1.10 bits per heavy atom. The first-order valence-electron chi connectivity index (χ1n) is 35.2. The van der Waals surface area contributed by atoms with E-state index < -0.39 is 0 Å². The van der Waals surface area contributed by atoms with E-state index in [-0.39, 0.29) is 16.7 Å². The van der Waals surface area contributed by atoms with Crippen LogP contribution < -0.4 is 21.1 Å². The molecule has 12 aromatic carbocycles. The molecule has 2 heterocycles. The fourth-order valence-electron chi connectivity index (χ4n) is 17.6. The zero-order valence-electron chi connectivity index (χ0n) is 55.8. The number of hydrogen-bond donors (Lipinski definition) is 0. The highest BCUT2D eigenvalue weighted by molar-refractivity contribution is 5.97. The maximum absolute atomic E-state index is 2.66. The van der Waals surface area contributed by atoms with Gasteiger partial charge in [0.25, 0.3) is 0 Å². The summed E-state index contributed by atoms with van der Waals surface area (Å²) in [6, 6.07) is 104. The van der Waals surface area contributed by atoms with Crippen LogP contribution in [-0.2, 0) is 10.8 Å². The molecule has 98 heavy (non-hydrogen) atoms. The average molecular weight is 1260 g/mol. The second kappa shape index (κ2) is 22.7. The summed E-state index contributed by atoms with van der Waals surface area (Å²) in [7, 11) is 0. The third kappa shape index (κ3) is 9.44. The zero-order chi connectivity index (χ0) is 65.4. The Morgan fingerprint density at radius 1 is 0.296 bits per heavy atom. The summed E-state index contributed by atoms with van der Waals surface area (Å²) < 4.78 is 5.17. The second-order valence-electron chi connectivity index (χ2n) is 29.0. The first-order chi connectivity index (χ1) is 48.1. The molecule has 5 aliphatic carbocycles. The van der Waals surface area contributed by atoms with Crippen molar-refractivity contribution in [3.05, 3.63) is 346 Å². The van der Waals surface area contributed by atoms with Gasteiger partial charge in [0.2, 0.25) is 0 Å². The highest BCUT2D eigenvalue weighted by atomic mass is 15.0. The molecule has 468 valence electrons. The van der Waals surface area contributed by atoms with Crippen molar-refractivity contribution in [1.29, 1.82) is 0 Å². The lowest BCUT2D eigenvalue weighted by Gasteiger charge is -2.26. The van der Waals surface area contributed by atoms with E-state index in [1.807, 2.05) is 0 Å². The normalized spacial score (nSPS) is 17.3. The molecule has 14 aromatic rings. The lowest BCUT2D eigenvalue weighted by Crippen LogP contribution is -2.34. The van der Waals surface area contributed by atoms with Crippen LogP contribution in [0, 0.1) is 17.8 Å². The van der Waals surface area contributed by atoms with Crippen molar-refractivity contribution in [2.45, 2.75) is 57.8 Å². The Labute approximate surface area is 573 Å². The summed E-state index contributed by atoms with van der Waals surface area (Å²) in [5, 5.41) is 7.91.